The summed E-state index contributed by atoms with van der Waals surface area (Å²) in [6.07, 6.45) is 1.70. The van der Waals surface area contributed by atoms with Gasteiger partial charge in [0.15, 0.2) is 11.5 Å². The number of carbonyl (C=O) groups excluding carboxylic acids is 3. The molecule has 2 amide bonds. The van der Waals surface area contributed by atoms with Crippen molar-refractivity contribution in [2.24, 2.45) is 10.4 Å². The van der Waals surface area contributed by atoms with Gasteiger partial charge in [-0.2, -0.15) is 0 Å². The smallest absolute Gasteiger partial charge is 0.278 e. The molecule has 1 aliphatic carbocycles. The fourth-order valence-electron chi connectivity index (χ4n) is 3.71. The number of anilines is 3. The minimum atomic E-state index is -0.659. The molecule has 36 heavy (non-hydrogen) atoms. The van der Waals surface area contributed by atoms with Crippen LogP contribution in [0.5, 0.6) is 0 Å². The maximum absolute atomic E-state index is 13.3. The summed E-state index contributed by atoms with van der Waals surface area (Å²) in [5, 5.41) is 15.0. The molecule has 2 aromatic rings. The lowest BCUT2D eigenvalue weighted by Gasteiger charge is -2.22. The SMILES string of the molecule is CCC(=O)Nc1ccc(Cl)c(NC(=O)C(=Nc2ccc(N(CC)CCO)cc2C)C(=O)C2(C)CC2)c1. The third kappa shape index (κ3) is 6.50. The summed E-state index contributed by atoms with van der Waals surface area (Å²) >= 11 is 6.29. The highest BCUT2D eigenvalue weighted by atomic mass is 35.5. The molecule has 2 aromatic carbocycles. The first-order valence-electron chi connectivity index (χ1n) is 12.1. The molecule has 0 spiro atoms. The first-order valence-corrected chi connectivity index (χ1v) is 12.5. The number of aryl methyl sites for hydroxylation is 1. The van der Waals surface area contributed by atoms with E-state index in [9.17, 15) is 19.5 Å². The molecular formula is C27H33ClN4O4. The lowest BCUT2D eigenvalue weighted by molar-refractivity contribution is -0.119. The Labute approximate surface area is 216 Å². The van der Waals surface area contributed by atoms with E-state index in [0.717, 1.165) is 17.8 Å². The van der Waals surface area contributed by atoms with Crippen molar-refractivity contribution in [3.05, 3.63) is 47.0 Å². The third-order valence-corrected chi connectivity index (χ3v) is 6.66. The van der Waals surface area contributed by atoms with Crippen LogP contribution in [0.2, 0.25) is 5.02 Å². The van der Waals surface area contributed by atoms with Crippen LogP contribution in [0.1, 0.15) is 45.6 Å². The molecule has 1 fully saturated rings. The summed E-state index contributed by atoms with van der Waals surface area (Å²) in [7, 11) is 0. The summed E-state index contributed by atoms with van der Waals surface area (Å²) in [4.78, 5) is 45.0. The number of ketones is 1. The van der Waals surface area contributed by atoms with Crippen molar-refractivity contribution in [2.45, 2.75) is 47.0 Å². The number of Topliss-reactive ketones (excluding diaryl/α,β-unsaturated/α-hetero) is 1. The monoisotopic (exact) mass is 512 g/mol. The fraction of sp³-hybridized carbons (Fsp3) is 0.407. The average Bonchev–Trinajstić information content (AvgIpc) is 3.61. The summed E-state index contributed by atoms with van der Waals surface area (Å²) in [5.41, 5.74) is 2.19. The van der Waals surface area contributed by atoms with Gasteiger partial charge >= 0.3 is 0 Å². The number of rotatable bonds is 11. The molecule has 1 aliphatic rings. The number of amides is 2. The number of hydrogen-bond acceptors (Lipinski definition) is 6. The van der Waals surface area contributed by atoms with Crippen LogP contribution in [0, 0.1) is 12.3 Å². The van der Waals surface area contributed by atoms with Crippen molar-refractivity contribution in [2.75, 3.05) is 35.2 Å². The number of nitrogens with zero attached hydrogens (tertiary/aromatic N) is 2. The van der Waals surface area contributed by atoms with Gasteiger partial charge in [0.1, 0.15) is 0 Å². The number of aliphatic hydroxyl groups is 1. The van der Waals surface area contributed by atoms with Crippen LogP contribution < -0.4 is 15.5 Å². The molecule has 3 N–H and O–H groups in total. The predicted octanol–water partition coefficient (Wildman–Crippen LogP) is 4.90. The van der Waals surface area contributed by atoms with Gasteiger partial charge in [-0.25, -0.2) is 4.99 Å². The van der Waals surface area contributed by atoms with Crippen molar-refractivity contribution in [1.82, 2.24) is 0 Å². The Kier molecular flexibility index (Phi) is 8.87. The molecule has 9 heteroatoms. The molecule has 0 radical (unpaired) electrons. The van der Waals surface area contributed by atoms with Crippen molar-refractivity contribution in [1.29, 1.82) is 0 Å². The minimum Gasteiger partial charge on any atom is -0.395 e. The summed E-state index contributed by atoms with van der Waals surface area (Å²) < 4.78 is 0. The lowest BCUT2D eigenvalue weighted by atomic mass is 9.98. The Hall–Kier alpha value is -3.23. The van der Waals surface area contributed by atoms with Crippen molar-refractivity contribution in [3.63, 3.8) is 0 Å². The van der Waals surface area contributed by atoms with E-state index >= 15 is 0 Å². The van der Waals surface area contributed by atoms with Crippen molar-refractivity contribution in [3.8, 4) is 0 Å². The highest BCUT2D eigenvalue weighted by Crippen LogP contribution is 2.46. The topological polar surface area (TPSA) is 111 Å². The van der Waals surface area contributed by atoms with E-state index in [0.29, 0.717) is 37.2 Å². The van der Waals surface area contributed by atoms with E-state index in [1.807, 2.05) is 37.8 Å². The number of benzene rings is 2. The normalized spacial score (nSPS) is 14.2. The van der Waals surface area contributed by atoms with Gasteiger partial charge < -0.3 is 20.6 Å². The largest absolute Gasteiger partial charge is 0.395 e. The average molecular weight is 513 g/mol. The molecule has 3 rings (SSSR count). The maximum Gasteiger partial charge on any atom is 0.278 e. The molecule has 0 atom stereocenters. The zero-order valence-corrected chi connectivity index (χ0v) is 21.9. The van der Waals surface area contributed by atoms with E-state index in [1.165, 1.54) is 0 Å². The molecule has 0 heterocycles. The minimum absolute atomic E-state index is 0.0378. The van der Waals surface area contributed by atoms with E-state index < -0.39 is 11.3 Å². The lowest BCUT2D eigenvalue weighted by Crippen LogP contribution is -2.34. The predicted molar refractivity (Wildman–Crippen MR) is 145 cm³/mol. The molecular weight excluding hydrogens is 480 g/mol. The number of likely N-dealkylation sites (N-methyl/N-ethyl adjacent to an activating group) is 1. The van der Waals surface area contributed by atoms with E-state index in [2.05, 4.69) is 15.6 Å². The van der Waals surface area contributed by atoms with Crippen molar-refractivity contribution >= 4 is 57.7 Å². The second-order valence-electron chi connectivity index (χ2n) is 9.17. The molecule has 8 nitrogen and oxygen atoms in total. The quantitative estimate of drug-likeness (QED) is 0.293. The molecule has 0 aromatic heterocycles. The van der Waals surface area contributed by atoms with Gasteiger partial charge in [0.05, 0.1) is 23.0 Å². The molecule has 0 aliphatic heterocycles. The van der Waals surface area contributed by atoms with Gasteiger partial charge in [0.25, 0.3) is 5.91 Å². The highest BCUT2D eigenvalue weighted by molar-refractivity contribution is 6.69. The van der Waals surface area contributed by atoms with Crippen LogP contribution in [0.25, 0.3) is 0 Å². The van der Waals surface area contributed by atoms with Gasteiger partial charge in [-0.05, 0) is 68.7 Å². The van der Waals surface area contributed by atoms with Gasteiger partial charge in [0, 0.05) is 36.3 Å². The number of carbonyl (C=O) groups is 3. The first-order chi connectivity index (χ1) is 17.1. The van der Waals surface area contributed by atoms with Gasteiger partial charge in [-0.15, -0.1) is 0 Å². The Morgan fingerprint density at radius 3 is 2.42 bits per heavy atom. The summed E-state index contributed by atoms with van der Waals surface area (Å²) in [5.74, 6) is -1.15. The number of aliphatic hydroxyl groups excluding tert-OH is 1. The van der Waals surface area contributed by atoms with Crippen LogP contribution in [-0.4, -0.2) is 48.1 Å². The second kappa shape index (κ2) is 11.7. The summed E-state index contributed by atoms with van der Waals surface area (Å²) in [6, 6.07) is 10.3. The molecule has 192 valence electrons. The van der Waals surface area contributed by atoms with Crippen LogP contribution in [-0.2, 0) is 14.4 Å². The third-order valence-electron chi connectivity index (χ3n) is 6.33. The Morgan fingerprint density at radius 2 is 1.83 bits per heavy atom. The van der Waals surface area contributed by atoms with Crippen LogP contribution in [0.4, 0.5) is 22.7 Å². The first kappa shape index (κ1) is 27.4. The number of hydrogen-bond donors (Lipinski definition) is 3. The van der Waals surface area contributed by atoms with Crippen LogP contribution >= 0.6 is 11.6 Å². The Bertz CT molecular complexity index is 1190. The fourth-order valence-corrected chi connectivity index (χ4v) is 3.87. The number of halogens is 1. The van der Waals surface area contributed by atoms with E-state index in [-0.39, 0.29) is 34.7 Å². The zero-order chi connectivity index (χ0) is 26.5. The maximum atomic E-state index is 13.3. The van der Waals surface area contributed by atoms with Crippen LogP contribution in [0.3, 0.4) is 0 Å². The Morgan fingerprint density at radius 1 is 1.11 bits per heavy atom. The van der Waals surface area contributed by atoms with E-state index in [1.54, 1.807) is 31.2 Å². The standard InChI is InChI=1S/C27H33ClN4O4/c1-5-23(34)29-18-7-9-20(28)22(16-18)31-26(36)24(25(35)27(4)11-12-27)30-21-10-8-19(15-17(21)3)32(6-2)13-14-33/h7-10,15-16,33H,5-6,11-14H2,1-4H3,(H,29,34)(H,31,36). The molecule has 0 unspecified atom stereocenters. The molecule has 0 saturated heterocycles. The highest BCUT2D eigenvalue weighted by Gasteiger charge is 2.48. The number of aliphatic imine (C=N–C) groups is 1. The second-order valence-corrected chi connectivity index (χ2v) is 9.58. The zero-order valence-electron chi connectivity index (χ0n) is 21.2. The Balaban J connectivity index is 1.94. The van der Waals surface area contributed by atoms with Gasteiger partial charge in [-0.1, -0.05) is 25.4 Å². The number of nitrogens with one attached hydrogen (secondary N) is 2. The molecule has 1 saturated carbocycles. The van der Waals surface area contributed by atoms with Gasteiger partial charge in [-0.3, -0.25) is 14.4 Å². The van der Waals surface area contributed by atoms with Crippen LogP contribution in [0.15, 0.2) is 41.4 Å². The van der Waals surface area contributed by atoms with Gasteiger partial charge in [0.2, 0.25) is 5.91 Å². The molecule has 0 bridgehead atoms. The van der Waals surface area contributed by atoms with Crippen molar-refractivity contribution < 1.29 is 19.5 Å². The summed E-state index contributed by atoms with van der Waals surface area (Å²) in [6.45, 7) is 8.70. The van der Waals surface area contributed by atoms with E-state index in [4.69, 9.17) is 11.6 Å².